The first kappa shape index (κ1) is 11.6. The zero-order valence-corrected chi connectivity index (χ0v) is 9.50. The minimum absolute atomic E-state index is 0.00361. The van der Waals surface area contributed by atoms with Crippen molar-refractivity contribution < 1.29 is 14.7 Å². The van der Waals surface area contributed by atoms with Gasteiger partial charge in [0, 0.05) is 13.0 Å². The van der Waals surface area contributed by atoms with Crippen LogP contribution < -0.4 is 0 Å². The molecule has 0 aliphatic carbocycles. The van der Waals surface area contributed by atoms with E-state index >= 15 is 0 Å². The second-order valence-corrected chi connectivity index (χ2v) is 4.26. The number of nitrogens with zero attached hydrogens (tertiary/aromatic N) is 1. The number of carbonyl (C=O) groups is 2. The second-order valence-electron chi connectivity index (χ2n) is 4.26. The Kier molecular flexibility index (Phi) is 3.42. The van der Waals surface area contributed by atoms with Crippen LogP contribution in [0.25, 0.3) is 0 Å². The number of hydrogen-bond donors (Lipinski definition) is 1. The number of carbonyl (C=O) groups excluding carboxylic acids is 1. The zero-order chi connectivity index (χ0) is 12.3. The quantitative estimate of drug-likeness (QED) is 0.868. The first-order chi connectivity index (χ1) is 8.18. The second kappa shape index (κ2) is 4.99. The molecule has 4 nitrogen and oxygen atoms in total. The van der Waals surface area contributed by atoms with E-state index in [1.54, 1.807) is 0 Å². The van der Waals surface area contributed by atoms with E-state index in [0.29, 0.717) is 19.4 Å². The molecule has 0 radical (unpaired) electrons. The summed E-state index contributed by atoms with van der Waals surface area (Å²) >= 11 is 0. The largest absolute Gasteiger partial charge is 0.465 e. The van der Waals surface area contributed by atoms with Crippen molar-refractivity contribution in [1.82, 2.24) is 4.90 Å². The number of rotatable bonds is 3. The number of hydrogen-bond acceptors (Lipinski definition) is 2. The standard InChI is InChI=1S/C13H15NO3/c15-12(9-10-5-2-1-3-6-10)11-7-4-8-14(11)13(16)17/h1-3,5-6,11H,4,7-9H2,(H,16,17). The van der Waals surface area contributed by atoms with E-state index in [9.17, 15) is 9.59 Å². The van der Waals surface area contributed by atoms with Crippen LogP contribution in [0.5, 0.6) is 0 Å². The van der Waals surface area contributed by atoms with Gasteiger partial charge < -0.3 is 5.11 Å². The smallest absolute Gasteiger partial charge is 0.407 e. The lowest BCUT2D eigenvalue weighted by molar-refractivity contribution is -0.122. The average molecular weight is 233 g/mol. The lowest BCUT2D eigenvalue weighted by atomic mass is 10.0. The molecule has 1 aromatic carbocycles. The molecule has 1 heterocycles. The number of benzene rings is 1. The normalized spacial score (nSPS) is 19.3. The maximum atomic E-state index is 12.0. The summed E-state index contributed by atoms with van der Waals surface area (Å²) in [6.45, 7) is 0.473. The summed E-state index contributed by atoms with van der Waals surface area (Å²) in [6.07, 6.45) is 0.749. The highest BCUT2D eigenvalue weighted by atomic mass is 16.4. The Morgan fingerprint density at radius 1 is 1.29 bits per heavy atom. The van der Waals surface area contributed by atoms with Crippen molar-refractivity contribution in [2.75, 3.05) is 6.54 Å². The Balaban J connectivity index is 2.03. The molecule has 90 valence electrons. The van der Waals surface area contributed by atoms with E-state index in [0.717, 1.165) is 12.0 Å². The van der Waals surface area contributed by atoms with Gasteiger partial charge in [-0.25, -0.2) is 4.79 Å². The Hall–Kier alpha value is -1.84. The molecule has 0 saturated carbocycles. The molecule has 17 heavy (non-hydrogen) atoms. The lowest BCUT2D eigenvalue weighted by Gasteiger charge is -2.20. The summed E-state index contributed by atoms with van der Waals surface area (Å²) in [5, 5.41) is 8.97. The van der Waals surface area contributed by atoms with Crippen molar-refractivity contribution in [3.8, 4) is 0 Å². The van der Waals surface area contributed by atoms with Crippen LogP contribution >= 0.6 is 0 Å². The highest BCUT2D eigenvalue weighted by molar-refractivity contribution is 5.89. The van der Waals surface area contributed by atoms with E-state index < -0.39 is 12.1 Å². The molecule has 1 amide bonds. The van der Waals surface area contributed by atoms with Gasteiger partial charge in [0.05, 0.1) is 6.04 Å². The van der Waals surface area contributed by atoms with Crippen molar-refractivity contribution in [2.45, 2.75) is 25.3 Å². The molecule has 1 unspecified atom stereocenters. The summed E-state index contributed by atoms with van der Waals surface area (Å²) in [6, 6.07) is 8.98. The van der Waals surface area contributed by atoms with Gasteiger partial charge in [0.2, 0.25) is 0 Å². The molecule has 1 aliphatic heterocycles. The lowest BCUT2D eigenvalue weighted by Crippen LogP contribution is -2.40. The van der Waals surface area contributed by atoms with Crippen LogP contribution in [0.15, 0.2) is 30.3 Å². The fraction of sp³-hybridized carbons (Fsp3) is 0.385. The Labute approximate surface area is 99.9 Å². The van der Waals surface area contributed by atoms with Crippen LogP contribution in [0.2, 0.25) is 0 Å². The van der Waals surface area contributed by atoms with Crippen molar-refractivity contribution in [2.24, 2.45) is 0 Å². The molecule has 2 rings (SSSR count). The summed E-state index contributed by atoms with van der Waals surface area (Å²) in [5.74, 6) is -0.00361. The Bertz CT molecular complexity index is 416. The summed E-state index contributed by atoms with van der Waals surface area (Å²) in [5.41, 5.74) is 0.940. The number of Topliss-reactive ketones (excluding diaryl/α,β-unsaturated/α-hetero) is 1. The SMILES string of the molecule is O=C(Cc1ccccc1)C1CCCN1C(=O)O. The van der Waals surface area contributed by atoms with Gasteiger partial charge in [0.15, 0.2) is 5.78 Å². The fourth-order valence-electron chi connectivity index (χ4n) is 2.25. The fourth-order valence-corrected chi connectivity index (χ4v) is 2.25. The van der Waals surface area contributed by atoms with Crippen LogP contribution in [-0.4, -0.2) is 34.5 Å². The zero-order valence-electron chi connectivity index (χ0n) is 9.50. The molecule has 1 aliphatic rings. The third-order valence-corrected chi connectivity index (χ3v) is 3.09. The monoisotopic (exact) mass is 233 g/mol. The maximum absolute atomic E-state index is 12.0. The highest BCUT2D eigenvalue weighted by Crippen LogP contribution is 2.19. The van der Waals surface area contributed by atoms with Gasteiger partial charge in [0.25, 0.3) is 0 Å². The van der Waals surface area contributed by atoms with Gasteiger partial charge in [-0.05, 0) is 18.4 Å². The molecule has 1 saturated heterocycles. The summed E-state index contributed by atoms with van der Waals surface area (Å²) in [7, 11) is 0. The van der Waals surface area contributed by atoms with Gasteiger partial charge in [0.1, 0.15) is 0 Å². The molecule has 4 heteroatoms. The van der Waals surface area contributed by atoms with E-state index in [-0.39, 0.29) is 5.78 Å². The minimum atomic E-state index is -0.992. The summed E-state index contributed by atoms with van der Waals surface area (Å²) in [4.78, 5) is 24.2. The Morgan fingerprint density at radius 2 is 2.00 bits per heavy atom. The molecule has 1 atom stereocenters. The van der Waals surface area contributed by atoms with Gasteiger partial charge in [-0.3, -0.25) is 9.69 Å². The van der Waals surface area contributed by atoms with E-state index in [1.165, 1.54) is 4.90 Å². The van der Waals surface area contributed by atoms with Crippen LogP contribution in [0.1, 0.15) is 18.4 Å². The molecule has 0 bridgehead atoms. The molecule has 0 spiro atoms. The van der Waals surface area contributed by atoms with Crippen molar-refractivity contribution in [1.29, 1.82) is 0 Å². The van der Waals surface area contributed by atoms with E-state index in [1.807, 2.05) is 30.3 Å². The van der Waals surface area contributed by atoms with Crippen molar-refractivity contribution in [3.05, 3.63) is 35.9 Å². The maximum Gasteiger partial charge on any atom is 0.407 e. The third kappa shape index (κ3) is 2.64. The van der Waals surface area contributed by atoms with Crippen LogP contribution in [0.3, 0.4) is 0 Å². The third-order valence-electron chi connectivity index (χ3n) is 3.09. The van der Waals surface area contributed by atoms with Gasteiger partial charge in [-0.1, -0.05) is 30.3 Å². The van der Waals surface area contributed by atoms with E-state index in [2.05, 4.69) is 0 Å². The number of carboxylic acid groups (broad SMARTS) is 1. The van der Waals surface area contributed by atoms with Crippen molar-refractivity contribution in [3.63, 3.8) is 0 Å². The molecule has 0 aromatic heterocycles. The predicted molar refractivity (Wildman–Crippen MR) is 62.9 cm³/mol. The summed E-state index contributed by atoms with van der Waals surface area (Å²) < 4.78 is 0. The molecular formula is C13H15NO3. The minimum Gasteiger partial charge on any atom is -0.465 e. The molecular weight excluding hydrogens is 218 g/mol. The molecule has 1 aromatic rings. The molecule has 1 N–H and O–H groups in total. The highest BCUT2D eigenvalue weighted by Gasteiger charge is 2.33. The van der Waals surface area contributed by atoms with Crippen molar-refractivity contribution >= 4 is 11.9 Å². The first-order valence-corrected chi connectivity index (χ1v) is 5.74. The molecule has 1 fully saturated rings. The van der Waals surface area contributed by atoms with Crippen LogP contribution in [-0.2, 0) is 11.2 Å². The van der Waals surface area contributed by atoms with E-state index in [4.69, 9.17) is 5.11 Å². The predicted octanol–water partition coefficient (Wildman–Crippen LogP) is 1.94. The topological polar surface area (TPSA) is 57.6 Å². The first-order valence-electron chi connectivity index (χ1n) is 5.74. The number of amides is 1. The van der Waals surface area contributed by atoms with Gasteiger partial charge in [-0.15, -0.1) is 0 Å². The van der Waals surface area contributed by atoms with Gasteiger partial charge in [-0.2, -0.15) is 0 Å². The van der Waals surface area contributed by atoms with Crippen LogP contribution in [0, 0.1) is 0 Å². The average Bonchev–Trinajstić information content (AvgIpc) is 2.79. The Morgan fingerprint density at radius 3 is 2.65 bits per heavy atom. The number of likely N-dealkylation sites (tertiary alicyclic amines) is 1. The van der Waals surface area contributed by atoms with Gasteiger partial charge >= 0.3 is 6.09 Å². The number of ketones is 1. The van der Waals surface area contributed by atoms with Crippen LogP contribution in [0.4, 0.5) is 4.79 Å².